The van der Waals surface area contributed by atoms with E-state index in [9.17, 15) is 41.3 Å². The monoisotopic (exact) mass is 450 g/mol. The number of rotatable bonds is 8. The summed E-state index contributed by atoms with van der Waals surface area (Å²) in [5.74, 6) is -1.04. The van der Waals surface area contributed by atoms with Gasteiger partial charge in [0, 0.05) is 17.2 Å². The van der Waals surface area contributed by atoms with Gasteiger partial charge in [0.2, 0.25) is 0 Å². The van der Waals surface area contributed by atoms with Gasteiger partial charge in [-0.3, -0.25) is 14.9 Å². The first kappa shape index (κ1) is 24.1. The van der Waals surface area contributed by atoms with Gasteiger partial charge in [-0.15, -0.1) is 0 Å². The lowest BCUT2D eigenvalue weighted by Gasteiger charge is -2.24. The summed E-state index contributed by atoms with van der Waals surface area (Å²) in [7, 11) is 0. The average Bonchev–Trinajstić information content (AvgIpc) is 2.65. The predicted molar refractivity (Wildman–Crippen MR) is 96.0 cm³/mol. The molecule has 6 nitrogen and oxygen atoms in total. The average molecular weight is 450 g/mol. The normalized spacial score (nSPS) is 11.9. The van der Waals surface area contributed by atoms with Crippen molar-refractivity contribution < 1.29 is 40.8 Å². The van der Waals surface area contributed by atoms with Crippen LogP contribution in [-0.4, -0.2) is 41.2 Å². The quantitative estimate of drug-likeness (QED) is 0.327. The molecule has 0 saturated carbocycles. The summed E-state index contributed by atoms with van der Waals surface area (Å²) in [6.45, 7) is -4.18. The Morgan fingerprint density at radius 3 is 2.13 bits per heavy atom. The highest BCUT2D eigenvalue weighted by molar-refractivity contribution is 5.94. The molecule has 0 bridgehead atoms. The second-order valence-electron chi connectivity index (χ2n) is 6.47. The molecule has 0 aliphatic heterocycles. The smallest absolute Gasteiger partial charge is 0.367 e. The van der Waals surface area contributed by atoms with Crippen molar-refractivity contribution in [1.29, 1.82) is 0 Å². The molecule has 0 radical (unpaired) electrons. The number of para-hydroxylation sites is 1. The number of carbonyl (C=O) groups is 1. The number of ether oxygens (including phenoxy) is 1. The summed E-state index contributed by atoms with van der Waals surface area (Å²) >= 11 is 0. The Balaban J connectivity index is 2.19. The Hall–Kier alpha value is -3.15. The van der Waals surface area contributed by atoms with Crippen LogP contribution in [0, 0.1) is 10.1 Å². The molecule has 0 fully saturated rings. The van der Waals surface area contributed by atoms with Crippen LogP contribution < -0.4 is 0 Å². The van der Waals surface area contributed by atoms with Gasteiger partial charge in [-0.1, -0.05) is 30.3 Å². The van der Waals surface area contributed by atoms with E-state index >= 15 is 0 Å². The van der Waals surface area contributed by atoms with Gasteiger partial charge in [0.1, 0.15) is 13.2 Å². The van der Waals surface area contributed by atoms with Gasteiger partial charge in [0.05, 0.1) is 18.1 Å². The van der Waals surface area contributed by atoms with Gasteiger partial charge in [0.15, 0.2) is 0 Å². The molecule has 0 aromatic heterocycles. The fourth-order valence-electron chi connectivity index (χ4n) is 2.65. The van der Waals surface area contributed by atoms with E-state index in [0.29, 0.717) is 4.90 Å². The molecule has 31 heavy (non-hydrogen) atoms. The summed E-state index contributed by atoms with van der Waals surface area (Å²) in [6.07, 6.45) is -9.27. The Morgan fingerprint density at radius 1 is 0.968 bits per heavy atom. The number of nitrogens with zero attached hydrogens (tertiary/aromatic N) is 2. The van der Waals surface area contributed by atoms with Crippen LogP contribution in [0.1, 0.15) is 21.5 Å². The third-order valence-electron chi connectivity index (χ3n) is 3.94. The Bertz CT molecular complexity index is 913. The Morgan fingerprint density at radius 2 is 1.58 bits per heavy atom. The summed E-state index contributed by atoms with van der Waals surface area (Å²) in [5, 5.41) is 11.1. The molecule has 1 amide bonds. The number of alkyl halides is 6. The van der Waals surface area contributed by atoms with E-state index in [1.165, 1.54) is 30.3 Å². The lowest BCUT2D eigenvalue weighted by Crippen LogP contribution is -2.38. The van der Waals surface area contributed by atoms with Gasteiger partial charge in [0.25, 0.3) is 11.6 Å². The maximum Gasteiger partial charge on any atom is 0.411 e. The number of hydrogen-bond acceptors (Lipinski definition) is 4. The van der Waals surface area contributed by atoms with Gasteiger partial charge >= 0.3 is 12.4 Å². The van der Waals surface area contributed by atoms with Gasteiger partial charge in [-0.2, -0.15) is 26.3 Å². The first-order valence-electron chi connectivity index (χ1n) is 8.67. The molecule has 0 unspecified atom stereocenters. The standard InChI is InChI=1S/C19H16F6N2O4/c20-18(21,22)11-26(9-15-3-1-2-4-16(15)27(29)30)17(28)14-7-5-13(6-8-14)10-31-12-19(23,24)25/h1-8H,9-12H2. The number of hydrogen-bond donors (Lipinski definition) is 0. The van der Waals surface area contributed by atoms with Crippen LogP contribution in [0.2, 0.25) is 0 Å². The van der Waals surface area contributed by atoms with Crippen molar-refractivity contribution >= 4 is 11.6 Å². The van der Waals surface area contributed by atoms with Gasteiger partial charge in [-0.25, -0.2) is 0 Å². The summed E-state index contributed by atoms with van der Waals surface area (Å²) < 4.78 is 79.8. The number of carbonyl (C=O) groups excluding carboxylic acids is 1. The minimum atomic E-state index is -4.76. The van der Waals surface area contributed by atoms with Crippen LogP contribution in [-0.2, 0) is 17.9 Å². The molecule has 2 rings (SSSR count). The van der Waals surface area contributed by atoms with Crippen molar-refractivity contribution in [1.82, 2.24) is 4.90 Å². The number of benzene rings is 2. The largest absolute Gasteiger partial charge is 0.411 e. The number of nitro benzene ring substituents is 1. The first-order valence-corrected chi connectivity index (χ1v) is 8.67. The van der Waals surface area contributed by atoms with Crippen LogP contribution in [0.3, 0.4) is 0 Å². The fraction of sp³-hybridized carbons (Fsp3) is 0.316. The van der Waals surface area contributed by atoms with E-state index < -0.39 is 55.2 Å². The van der Waals surface area contributed by atoms with Crippen molar-refractivity contribution in [3.8, 4) is 0 Å². The van der Waals surface area contributed by atoms with E-state index in [0.717, 1.165) is 18.2 Å². The van der Waals surface area contributed by atoms with Crippen LogP contribution in [0.25, 0.3) is 0 Å². The molecule has 168 valence electrons. The number of nitro groups is 1. The molecule has 0 spiro atoms. The lowest BCUT2D eigenvalue weighted by molar-refractivity contribution is -0.385. The van der Waals surface area contributed by atoms with E-state index in [1.54, 1.807) is 0 Å². The van der Waals surface area contributed by atoms with Crippen LogP contribution >= 0.6 is 0 Å². The highest BCUT2D eigenvalue weighted by Crippen LogP contribution is 2.24. The minimum absolute atomic E-state index is 0.0812. The summed E-state index contributed by atoms with van der Waals surface area (Å²) in [5.41, 5.74) is -0.397. The van der Waals surface area contributed by atoms with E-state index in [1.807, 2.05) is 0 Å². The van der Waals surface area contributed by atoms with Crippen molar-refractivity contribution in [2.75, 3.05) is 13.2 Å². The molecule has 12 heteroatoms. The maximum atomic E-state index is 13.0. The van der Waals surface area contributed by atoms with Crippen LogP contribution in [0.5, 0.6) is 0 Å². The number of amides is 1. The van der Waals surface area contributed by atoms with Crippen molar-refractivity contribution in [3.05, 3.63) is 75.3 Å². The molecule has 0 atom stereocenters. The van der Waals surface area contributed by atoms with E-state index in [2.05, 4.69) is 4.74 Å². The Kier molecular flexibility index (Phi) is 7.60. The van der Waals surface area contributed by atoms with E-state index in [-0.39, 0.29) is 16.7 Å². The van der Waals surface area contributed by atoms with Crippen molar-refractivity contribution in [2.24, 2.45) is 0 Å². The number of halogens is 6. The molecule has 0 aliphatic carbocycles. The SMILES string of the molecule is O=C(c1ccc(COCC(F)(F)F)cc1)N(Cc1ccccc1[N+](=O)[O-])CC(F)(F)F. The van der Waals surface area contributed by atoms with Crippen molar-refractivity contribution in [2.45, 2.75) is 25.5 Å². The molecular weight excluding hydrogens is 434 g/mol. The van der Waals surface area contributed by atoms with Gasteiger partial charge < -0.3 is 9.64 Å². The summed E-state index contributed by atoms with van der Waals surface area (Å²) in [6, 6.07) is 9.90. The van der Waals surface area contributed by atoms with Crippen LogP contribution in [0.4, 0.5) is 32.0 Å². The second-order valence-corrected chi connectivity index (χ2v) is 6.47. The highest BCUT2D eigenvalue weighted by atomic mass is 19.4. The molecule has 0 heterocycles. The molecular formula is C19H16F6N2O4. The topological polar surface area (TPSA) is 72.7 Å². The molecule has 0 N–H and O–H groups in total. The molecule has 2 aromatic carbocycles. The van der Waals surface area contributed by atoms with Crippen LogP contribution in [0.15, 0.2) is 48.5 Å². The first-order chi connectivity index (χ1) is 14.4. The third-order valence-corrected chi connectivity index (χ3v) is 3.94. The Labute approximate surface area is 172 Å². The van der Waals surface area contributed by atoms with Crippen molar-refractivity contribution in [3.63, 3.8) is 0 Å². The predicted octanol–water partition coefficient (Wildman–Crippen LogP) is 4.88. The minimum Gasteiger partial charge on any atom is -0.367 e. The fourth-order valence-corrected chi connectivity index (χ4v) is 2.65. The zero-order chi connectivity index (χ0) is 23.2. The zero-order valence-corrected chi connectivity index (χ0v) is 15.7. The molecule has 2 aromatic rings. The zero-order valence-electron chi connectivity index (χ0n) is 15.7. The highest BCUT2D eigenvalue weighted by Gasteiger charge is 2.34. The lowest BCUT2D eigenvalue weighted by atomic mass is 10.1. The maximum absolute atomic E-state index is 13.0. The second kappa shape index (κ2) is 9.77. The van der Waals surface area contributed by atoms with E-state index in [4.69, 9.17) is 0 Å². The van der Waals surface area contributed by atoms with Gasteiger partial charge in [-0.05, 0) is 17.7 Å². The summed E-state index contributed by atoms with van der Waals surface area (Å²) in [4.78, 5) is 23.4. The molecule has 0 saturated heterocycles. The molecule has 0 aliphatic rings. The third kappa shape index (κ3) is 7.89.